The topological polar surface area (TPSA) is 68.2 Å². The largest absolute Gasteiger partial charge is 0.327 e. The predicted molar refractivity (Wildman–Crippen MR) is 107 cm³/mol. The van der Waals surface area contributed by atoms with Gasteiger partial charge in [-0.2, -0.15) is 0 Å². The van der Waals surface area contributed by atoms with Gasteiger partial charge in [-0.05, 0) is 36.1 Å². The van der Waals surface area contributed by atoms with Crippen LogP contribution in [0, 0.1) is 0 Å². The quantitative estimate of drug-likeness (QED) is 0.485. The zero-order valence-corrected chi connectivity index (χ0v) is 15.0. The first kappa shape index (κ1) is 18.3. The van der Waals surface area contributed by atoms with Crippen LogP contribution in [-0.4, -0.2) is 22.6 Å². The van der Waals surface area contributed by atoms with E-state index in [0.717, 1.165) is 30.6 Å². The summed E-state index contributed by atoms with van der Waals surface area (Å²) >= 11 is 0. The molecule has 1 atom stereocenters. The van der Waals surface area contributed by atoms with Crippen molar-refractivity contribution in [2.45, 2.75) is 25.4 Å². The zero-order valence-electron chi connectivity index (χ0n) is 15.0. The molecule has 0 aliphatic carbocycles. The second-order valence-electron chi connectivity index (χ2n) is 6.62. The van der Waals surface area contributed by atoms with Crippen LogP contribution in [0.1, 0.15) is 17.5 Å². The summed E-state index contributed by atoms with van der Waals surface area (Å²) in [5, 5.41) is 1.83. The molecular weight excluding hydrogens is 320 g/mol. The number of benzene rings is 2. The monoisotopic (exact) mass is 346 g/mol. The van der Waals surface area contributed by atoms with Crippen molar-refractivity contribution in [1.82, 2.24) is 9.99 Å². The number of hydrogen-bond donors (Lipinski definition) is 2. The molecule has 1 heterocycles. The van der Waals surface area contributed by atoms with Crippen LogP contribution in [0.2, 0.25) is 0 Å². The maximum absolute atomic E-state index is 6.24. The van der Waals surface area contributed by atoms with Crippen LogP contribution in [0.4, 0.5) is 0 Å². The van der Waals surface area contributed by atoms with Crippen LogP contribution in [0.15, 0.2) is 79.0 Å². The van der Waals surface area contributed by atoms with Crippen molar-refractivity contribution in [1.29, 1.82) is 0 Å². The summed E-state index contributed by atoms with van der Waals surface area (Å²) in [5.41, 5.74) is 10.8. The average Bonchev–Trinajstić information content (AvgIpc) is 2.68. The molecule has 0 aliphatic rings. The number of pyridine rings is 1. The minimum Gasteiger partial charge on any atom is -0.327 e. The van der Waals surface area contributed by atoms with E-state index in [4.69, 9.17) is 11.6 Å². The van der Waals surface area contributed by atoms with Crippen molar-refractivity contribution in [3.05, 3.63) is 90.1 Å². The molecule has 0 amide bonds. The molecule has 4 N–H and O–H groups in total. The summed E-state index contributed by atoms with van der Waals surface area (Å²) in [6.07, 6.45) is 3.56. The van der Waals surface area contributed by atoms with Gasteiger partial charge >= 0.3 is 0 Å². The third-order valence-corrected chi connectivity index (χ3v) is 4.43. The molecule has 26 heavy (non-hydrogen) atoms. The molecule has 0 saturated heterocycles. The maximum atomic E-state index is 6.24. The molecule has 134 valence electrons. The van der Waals surface area contributed by atoms with Crippen molar-refractivity contribution >= 4 is 0 Å². The Kier molecular flexibility index (Phi) is 6.50. The Labute approximate surface area is 155 Å². The fraction of sp³-hybridized carbons (Fsp3) is 0.227. The van der Waals surface area contributed by atoms with E-state index in [0.29, 0.717) is 6.54 Å². The van der Waals surface area contributed by atoms with E-state index in [1.165, 1.54) is 11.1 Å². The van der Waals surface area contributed by atoms with Gasteiger partial charge in [-0.3, -0.25) is 10.8 Å². The summed E-state index contributed by atoms with van der Waals surface area (Å²) in [4.78, 5) is 4.37. The highest BCUT2D eigenvalue weighted by Gasteiger charge is 2.07. The SMILES string of the molecule is N[C@H](CCN(N)Cc1ccc(-c2ccccn2)cc1)Cc1ccccc1. The van der Waals surface area contributed by atoms with E-state index in [2.05, 4.69) is 41.4 Å². The van der Waals surface area contributed by atoms with Crippen LogP contribution < -0.4 is 11.6 Å². The zero-order chi connectivity index (χ0) is 18.2. The first-order valence-corrected chi connectivity index (χ1v) is 9.00. The first-order chi connectivity index (χ1) is 12.7. The lowest BCUT2D eigenvalue weighted by molar-refractivity contribution is 0.262. The number of hydrogen-bond acceptors (Lipinski definition) is 4. The Morgan fingerprint density at radius 1 is 0.846 bits per heavy atom. The Morgan fingerprint density at radius 2 is 1.58 bits per heavy atom. The molecule has 1 aromatic heterocycles. The van der Waals surface area contributed by atoms with Crippen molar-refractivity contribution in [2.24, 2.45) is 11.6 Å². The Hall–Kier alpha value is -2.53. The second kappa shape index (κ2) is 9.25. The van der Waals surface area contributed by atoms with Gasteiger partial charge in [0.1, 0.15) is 0 Å². The van der Waals surface area contributed by atoms with Gasteiger partial charge in [-0.1, -0.05) is 60.7 Å². The number of nitrogens with two attached hydrogens (primary N) is 2. The van der Waals surface area contributed by atoms with Gasteiger partial charge in [0.2, 0.25) is 0 Å². The molecule has 0 fully saturated rings. The van der Waals surface area contributed by atoms with E-state index in [1.54, 1.807) is 0 Å². The standard InChI is InChI=1S/C22H26N4/c23-21(16-18-6-2-1-3-7-18)13-15-26(24)17-19-9-11-20(12-10-19)22-8-4-5-14-25-22/h1-12,14,21H,13,15-17,23-24H2/t21-/m1/s1. The molecule has 3 rings (SSSR count). The second-order valence-corrected chi connectivity index (χ2v) is 6.62. The lowest BCUT2D eigenvalue weighted by Crippen LogP contribution is -2.35. The van der Waals surface area contributed by atoms with Crippen LogP contribution in [-0.2, 0) is 13.0 Å². The predicted octanol–water partition coefficient (Wildman–Crippen LogP) is 3.38. The molecule has 0 unspecified atom stereocenters. The minimum absolute atomic E-state index is 0.120. The smallest absolute Gasteiger partial charge is 0.0701 e. The molecule has 2 aromatic carbocycles. The highest BCUT2D eigenvalue weighted by atomic mass is 15.4. The molecule has 0 bridgehead atoms. The third kappa shape index (κ3) is 5.49. The van der Waals surface area contributed by atoms with E-state index in [9.17, 15) is 0 Å². The summed E-state index contributed by atoms with van der Waals surface area (Å²) in [6.45, 7) is 1.48. The van der Waals surface area contributed by atoms with Crippen LogP contribution in [0.25, 0.3) is 11.3 Å². The van der Waals surface area contributed by atoms with Gasteiger partial charge in [-0.15, -0.1) is 0 Å². The summed E-state index contributed by atoms with van der Waals surface area (Å²) in [6, 6.07) is 24.8. The van der Waals surface area contributed by atoms with Crippen molar-refractivity contribution in [3.63, 3.8) is 0 Å². The molecule has 0 spiro atoms. The average molecular weight is 346 g/mol. The van der Waals surface area contributed by atoms with Crippen molar-refractivity contribution in [3.8, 4) is 11.3 Å². The fourth-order valence-electron chi connectivity index (χ4n) is 2.98. The van der Waals surface area contributed by atoms with E-state index in [-0.39, 0.29) is 6.04 Å². The Morgan fingerprint density at radius 3 is 2.27 bits per heavy atom. The lowest BCUT2D eigenvalue weighted by atomic mass is 10.0. The Bertz CT molecular complexity index is 772. The molecular formula is C22H26N4. The highest BCUT2D eigenvalue weighted by Crippen LogP contribution is 2.17. The fourth-order valence-corrected chi connectivity index (χ4v) is 2.98. The number of hydrazine groups is 1. The molecule has 0 saturated carbocycles. The van der Waals surface area contributed by atoms with Gasteiger partial charge < -0.3 is 5.73 Å². The van der Waals surface area contributed by atoms with Gasteiger partial charge in [0.25, 0.3) is 0 Å². The van der Waals surface area contributed by atoms with Crippen LogP contribution in [0.3, 0.4) is 0 Å². The number of nitrogens with zero attached hydrogens (tertiary/aromatic N) is 2. The number of rotatable bonds is 8. The third-order valence-electron chi connectivity index (χ3n) is 4.43. The van der Waals surface area contributed by atoms with Gasteiger partial charge in [0.05, 0.1) is 5.69 Å². The molecule has 3 aromatic rings. The van der Waals surface area contributed by atoms with E-state index in [1.807, 2.05) is 47.6 Å². The molecule has 4 heteroatoms. The molecule has 4 nitrogen and oxygen atoms in total. The van der Waals surface area contributed by atoms with Crippen LogP contribution in [0.5, 0.6) is 0 Å². The van der Waals surface area contributed by atoms with Gasteiger partial charge in [0, 0.05) is 30.9 Å². The molecule has 0 aliphatic heterocycles. The lowest BCUT2D eigenvalue weighted by Gasteiger charge is -2.19. The Balaban J connectivity index is 1.46. The number of aromatic nitrogens is 1. The van der Waals surface area contributed by atoms with E-state index >= 15 is 0 Å². The van der Waals surface area contributed by atoms with E-state index < -0.39 is 0 Å². The normalized spacial score (nSPS) is 12.3. The summed E-state index contributed by atoms with van der Waals surface area (Å²) < 4.78 is 0. The molecule has 0 radical (unpaired) electrons. The highest BCUT2D eigenvalue weighted by molar-refractivity contribution is 5.58. The maximum Gasteiger partial charge on any atom is 0.0701 e. The first-order valence-electron chi connectivity index (χ1n) is 9.00. The van der Waals surface area contributed by atoms with Crippen molar-refractivity contribution < 1.29 is 0 Å². The summed E-state index contributed by atoms with van der Waals surface area (Å²) in [7, 11) is 0. The van der Waals surface area contributed by atoms with Crippen molar-refractivity contribution in [2.75, 3.05) is 6.54 Å². The van der Waals surface area contributed by atoms with Crippen LogP contribution >= 0.6 is 0 Å². The summed E-state index contributed by atoms with van der Waals surface area (Å²) in [5.74, 6) is 6.16. The van der Waals surface area contributed by atoms with Gasteiger partial charge in [0.15, 0.2) is 0 Å². The van der Waals surface area contributed by atoms with Gasteiger partial charge in [-0.25, -0.2) is 5.01 Å². The minimum atomic E-state index is 0.120.